The SMILES string of the molecule is C=CCCC(/C(C)=C/CC)C1Cc2cc(CNC)ccc2/C1=C\CC. The second-order valence-electron chi connectivity index (χ2n) is 7.23. The average molecular weight is 338 g/mol. The molecule has 0 bridgehead atoms. The molecule has 2 atom stereocenters. The van der Waals surface area contributed by atoms with Crippen LogP contribution in [0, 0.1) is 11.8 Å². The van der Waals surface area contributed by atoms with E-state index in [4.69, 9.17) is 0 Å². The van der Waals surface area contributed by atoms with Gasteiger partial charge in [0.1, 0.15) is 0 Å². The van der Waals surface area contributed by atoms with E-state index in [0.29, 0.717) is 11.8 Å². The summed E-state index contributed by atoms with van der Waals surface area (Å²) in [6.45, 7) is 11.7. The Balaban J connectivity index is 2.39. The second kappa shape index (κ2) is 9.77. The fraction of sp³-hybridized carbons (Fsp3) is 0.500. The minimum absolute atomic E-state index is 0.613. The van der Waals surface area contributed by atoms with Gasteiger partial charge < -0.3 is 5.32 Å². The molecule has 0 radical (unpaired) electrons. The van der Waals surface area contributed by atoms with E-state index in [1.165, 1.54) is 29.5 Å². The Labute approximate surface area is 154 Å². The van der Waals surface area contributed by atoms with Crippen molar-refractivity contribution in [2.75, 3.05) is 7.05 Å². The van der Waals surface area contributed by atoms with Crippen molar-refractivity contribution in [2.45, 2.75) is 59.4 Å². The highest BCUT2D eigenvalue weighted by atomic mass is 14.8. The van der Waals surface area contributed by atoms with Gasteiger partial charge in [-0.25, -0.2) is 0 Å². The third kappa shape index (κ3) is 4.73. The summed E-state index contributed by atoms with van der Waals surface area (Å²) < 4.78 is 0. The molecule has 1 aromatic carbocycles. The lowest BCUT2D eigenvalue weighted by atomic mass is 9.78. The zero-order valence-corrected chi connectivity index (χ0v) is 16.6. The quantitative estimate of drug-likeness (QED) is 0.521. The maximum Gasteiger partial charge on any atom is 0.0202 e. The van der Waals surface area contributed by atoms with E-state index in [9.17, 15) is 0 Å². The molecule has 0 amide bonds. The molecule has 1 aliphatic carbocycles. The van der Waals surface area contributed by atoms with E-state index in [2.05, 4.69) is 69.1 Å². The minimum atomic E-state index is 0.613. The van der Waals surface area contributed by atoms with Crippen LogP contribution in [-0.2, 0) is 13.0 Å². The molecule has 0 saturated heterocycles. The van der Waals surface area contributed by atoms with Crippen molar-refractivity contribution >= 4 is 5.57 Å². The predicted octanol–water partition coefficient (Wildman–Crippen LogP) is 6.31. The number of hydrogen-bond acceptors (Lipinski definition) is 1. The van der Waals surface area contributed by atoms with E-state index >= 15 is 0 Å². The highest BCUT2D eigenvalue weighted by Crippen LogP contribution is 2.45. The molecule has 0 saturated carbocycles. The lowest BCUT2D eigenvalue weighted by molar-refractivity contribution is 0.444. The molecule has 0 aromatic heterocycles. The van der Waals surface area contributed by atoms with Crippen LogP contribution in [0.4, 0.5) is 0 Å². The second-order valence-corrected chi connectivity index (χ2v) is 7.23. The molecular weight excluding hydrogens is 302 g/mol. The van der Waals surface area contributed by atoms with Crippen molar-refractivity contribution in [3.8, 4) is 0 Å². The third-order valence-corrected chi connectivity index (χ3v) is 5.40. The lowest BCUT2D eigenvalue weighted by Gasteiger charge is -2.26. The lowest BCUT2D eigenvalue weighted by Crippen LogP contribution is -2.16. The number of fused-ring (bicyclic) bond motifs is 1. The first kappa shape index (κ1) is 19.7. The number of benzene rings is 1. The van der Waals surface area contributed by atoms with Crippen LogP contribution in [0.1, 0.15) is 63.1 Å². The predicted molar refractivity (Wildman–Crippen MR) is 112 cm³/mol. The molecule has 2 rings (SSSR count). The van der Waals surface area contributed by atoms with Gasteiger partial charge in [-0.15, -0.1) is 6.58 Å². The van der Waals surface area contributed by atoms with E-state index in [1.54, 1.807) is 11.1 Å². The molecule has 1 heteroatoms. The number of nitrogens with one attached hydrogen (secondary N) is 1. The molecule has 1 N–H and O–H groups in total. The summed E-state index contributed by atoms with van der Waals surface area (Å²) in [5.74, 6) is 1.23. The van der Waals surface area contributed by atoms with Crippen molar-refractivity contribution in [1.82, 2.24) is 5.32 Å². The normalized spacial score (nSPS) is 19.9. The smallest absolute Gasteiger partial charge is 0.0202 e. The van der Waals surface area contributed by atoms with Gasteiger partial charge in [0.05, 0.1) is 0 Å². The molecule has 0 spiro atoms. The molecule has 1 aromatic rings. The van der Waals surface area contributed by atoms with Gasteiger partial charge in [0.15, 0.2) is 0 Å². The van der Waals surface area contributed by atoms with Crippen LogP contribution in [0.2, 0.25) is 0 Å². The first-order chi connectivity index (χ1) is 12.2. The average Bonchev–Trinajstić information content (AvgIpc) is 2.94. The summed E-state index contributed by atoms with van der Waals surface area (Å²) in [6, 6.07) is 7.06. The van der Waals surface area contributed by atoms with Crippen molar-refractivity contribution in [3.05, 3.63) is 65.3 Å². The maximum atomic E-state index is 3.95. The van der Waals surface area contributed by atoms with Gasteiger partial charge in [-0.05, 0) is 80.2 Å². The molecular formula is C24H35N. The number of allylic oxidation sites excluding steroid dienone is 5. The first-order valence-electron chi connectivity index (χ1n) is 9.90. The molecule has 25 heavy (non-hydrogen) atoms. The summed E-state index contributed by atoms with van der Waals surface area (Å²) in [5, 5.41) is 3.27. The van der Waals surface area contributed by atoms with Crippen LogP contribution >= 0.6 is 0 Å². The van der Waals surface area contributed by atoms with Crippen LogP contribution in [0.5, 0.6) is 0 Å². The van der Waals surface area contributed by atoms with E-state index in [0.717, 1.165) is 25.8 Å². The van der Waals surface area contributed by atoms with Gasteiger partial charge in [-0.1, -0.05) is 55.8 Å². The molecule has 1 aliphatic rings. The molecule has 0 heterocycles. The van der Waals surface area contributed by atoms with Crippen LogP contribution in [0.25, 0.3) is 5.57 Å². The molecule has 0 aliphatic heterocycles. The largest absolute Gasteiger partial charge is 0.316 e. The monoisotopic (exact) mass is 337 g/mol. The van der Waals surface area contributed by atoms with Gasteiger partial charge in [-0.3, -0.25) is 0 Å². The Kier molecular flexibility index (Phi) is 7.71. The van der Waals surface area contributed by atoms with Gasteiger partial charge >= 0.3 is 0 Å². The van der Waals surface area contributed by atoms with E-state index < -0.39 is 0 Å². The maximum absolute atomic E-state index is 3.95. The topological polar surface area (TPSA) is 12.0 Å². The molecule has 1 nitrogen and oxygen atoms in total. The van der Waals surface area contributed by atoms with Crippen molar-refractivity contribution in [1.29, 1.82) is 0 Å². The van der Waals surface area contributed by atoms with E-state index in [-0.39, 0.29) is 0 Å². The summed E-state index contributed by atoms with van der Waals surface area (Å²) in [7, 11) is 2.02. The fourth-order valence-corrected chi connectivity index (χ4v) is 4.32. The van der Waals surface area contributed by atoms with Gasteiger partial charge in [0.25, 0.3) is 0 Å². The summed E-state index contributed by atoms with van der Waals surface area (Å²) in [5.41, 5.74) is 7.54. The Morgan fingerprint density at radius 1 is 1.32 bits per heavy atom. The standard InChI is InChI=1S/C24H35N/c1-6-9-12-21(18(4)10-7-2)24-16-20-15-19(17-25-5)13-14-22(20)23(24)11-8-3/h6,10-11,13-15,21,24-25H,1,7-9,12,16-17H2,2-5H3/b18-10+,23-11+. The summed E-state index contributed by atoms with van der Waals surface area (Å²) >= 11 is 0. The number of hydrogen-bond donors (Lipinski definition) is 1. The Morgan fingerprint density at radius 3 is 2.76 bits per heavy atom. The van der Waals surface area contributed by atoms with Gasteiger partial charge in [0, 0.05) is 6.54 Å². The van der Waals surface area contributed by atoms with Crippen LogP contribution in [0.3, 0.4) is 0 Å². The van der Waals surface area contributed by atoms with Gasteiger partial charge in [-0.2, -0.15) is 0 Å². The third-order valence-electron chi connectivity index (χ3n) is 5.40. The Bertz CT molecular complexity index is 635. The van der Waals surface area contributed by atoms with Crippen LogP contribution in [0.15, 0.2) is 48.6 Å². The molecule has 136 valence electrons. The van der Waals surface area contributed by atoms with Crippen molar-refractivity contribution in [2.24, 2.45) is 11.8 Å². The first-order valence-corrected chi connectivity index (χ1v) is 9.90. The van der Waals surface area contributed by atoms with Crippen LogP contribution < -0.4 is 5.32 Å². The highest BCUT2D eigenvalue weighted by Gasteiger charge is 2.33. The Morgan fingerprint density at radius 2 is 2.12 bits per heavy atom. The minimum Gasteiger partial charge on any atom is -0.316 e. The van der Waals surface area contributed by atoms with Crippen molar-refractivity contribution in [3.63, 3.8) is 0 Å². The number of rotatable bonds is 9. The zero-order valence-electron chi connectivity index (χ0n) is 16.6. The highest BCUT2D eigenvalue weighted by molar-refractivity contribution is 5.75. The fourth-order valence-electron chi connectivity index (χ4n) is 4.32. The molecule has 0 fully saturated rings. The van der Waals surface area contributed by atoms with E-state index in [1.807, 2.05) is 7.05 Å². The molecule has 2 unspecified atom stereocenters. The zero-order chi connectivity index (χ0) is 18.2. The van der Waals surface area contributed by atoms with Gasteiger partial charge in [0.2, 0.25) is 0 Å². The summed E-state index contributed by atoms with van der Waals surface area (Å²) in [4.78, 5) is 0. The van der Waals surface area contributed by atoms with Crippen molar-refractivity contribution < 1.29 is 0 Å². The Hall–Kier alpha value is -1.60. The van der Waals surface area contributed by atoms with Crippen LogP contribution in [-0.4, -0.2) is 7.05 Å². The summed E-state index contributed by atoms with van der Waals surface area (Å²) in [6.07, 6.45) is 12.7.